The van der Waals surface area contributed by atoms with Crippen molar-refractivity contribution in [3.8, 4) is 0 Å². The molecule has 0 aliphatic rings. The van der Waals surface area contributed by atoms with Crippen molar-refractivity contribution in [2.45, 2.75) is 24.9 Å². The Kier molecular flexibility index (Phi) is 10.0. The van der Waals surface area contributed by atoms with Crippen LogP contribution < -0.4 is 5.32 Å². The average Bonchev–Trinajstić information content (AvgIpc) is 2.58. The summed E-state index contributed by atoms with van der Waals surface area (Å²) < 4.78 is 0. The third-order valence-corrected chi connectivity index (χ3v) is 4.11. The van der Waals surface area contributed by atoms with Crippen molar-refractivity contribution in [1.29, 1.82) is 0 Å². The molecule has 1 aromatic rings. The number of carbonyl (C=O) groups is 3. The van der Waals surface area contributed by atoms with E-state index in [1.54, 1.807) is 30.3 Å². The minimum absolute atomic E-state index is 0.00936. The zero-order valence-corrected chi connectivity index (χ0v) is 15.6. The van der Waals surface area contributed by atoms with Gasteiger partial charge in [0.1, 0.15) is 12.1 Å². The SMILES string of the molecule is O=C(Cc1ccccc1)N[C@@H](CC(C(=O)O)N(CCCl)CCCl)C(=O)O. The second-order valence-electron chi connectivity index (χ2n) is 5.62. The van der Waals surface area contributed by atoms with E-state index in [2.05, 4.69) is 5.32 Å². The maximum absolute atomic E-state index is 12.1. The summed E-state index contributed by atoms with van der Waals surface area (Å²) >= 11 is 11.4. The maximum Gasteiger partial charge on any atom is 0.326 e. The number of nitrogens with zero attached hydrogens (tertiary/aromatic N) is 1. The highest BCUT2D eigenvalue weighted by Crippen LogP contribution is 2.10. The third kappa shape index (κ3) is 7.59. The van der Waals surface area contributed by atoms with Crippen LogP contribution in [0, 0.1) is 0 Å². The monoisotopic (exact) mass is 404 g/mol. The summed E-state index contributed by atoms with van der Waals surface area (Å²) in [6, 6.07) is 6.39. The van der Waals surface area contributed by atoms with E-state index >= 15 is 0 Å². The van der Waals surface area contributed by atoms with E-state index in [0.717, 1.165) is 5.56 Å². The summed E-state index contributed by atoms with van der Waals surface area (Å²) in [4.78, 5) is 36.7. The van der Waals surface area contributed by atoms with Crippen LogP contribution in [0.25, 0.3) is 0 Å². The summed E-state index contributed by atoms with van der Waals surface area (Å²) in [6.45, 7) is 0.491. The van der Waals surface area contributed by atoms with Gasteiger partial charge in [0, 0.05) is 31.3 Å². The molecule has 0 aromatic heterocycles. The quantitative estimate of drug-likeness (QED) is 0.454. The molecule has 0 heterocycles. The van der Waals surface area contributed by atoms with Crippen molar-refractivity contribution < 1.29 is 24.6 Å². The molecule has 0 spiro atoms. The van der Waals surface area contributed by atoms with Crippen LogP contribution in [0.2, 0.25) is 0 Å². The molecular formula is C17H22Cl2N2O5. The number of carbonyl (C=O) groups excluding carboxylic acids is 1. The Morgan fingerprint density at radius 1 is 1.00 bits per heavy atom. The first-order valence-corrected chi connectivity index (χ1v) is 9.10. The second kappa shape index (κ2) is 11.7. The van der Waals surface area contributed by atoms with Crippen molar-refractivity contribution >= 4 is 41.0 Å². The van der Waals surface area contributed by atoms with E-state index in [1.807, 2.05) is 0 Å². The Morgan fingerprint density at radius 2 is 1.58 bits per heavy atom. The summed E-state index contributed by atoms with van der Waals surface area (Å²) in [6.07, 6.45) is -0.283. The van der Waals surface area contributed by atoms with Crippen LogP contribution in [0.3, 0.4) is 0 Å². The molecule has 1 unspecified atom stereocenters. The van der Waals surface area contributed by atoms with Gasteiger partial charge in [-0.3, -0.25) is 14.5 Å². The van der Waals surface area contributed by atoms with Crippen molar-refractivity contribution in [3.63, 3.8) is 0 Å². The van der Waals surface area contributed by atoms with Crippen molar-refractivity contribution in [2.24, 2.45) is 0 Å². The molecule has 1 amide bonds. The van der Waals surface area contributed by atoms with Gasteiger partial charge in [-0.25, -0.2) is 4.79 Å². The fraction of sp³-hybridized carbons (Fsp3) is 0.471. The largest absolute Gasteiger partial charge is 0.480 e. The van der Waals surface area contributed by atoms with Gasteiger partial charge in [0.2, 0.25) is 5.91 Å². The van der Waals surface area contributed by atoms with Gasteiger partial charge < -0.3 is 15.5 Å². The fourth-order valence-corrected chi connectivity index (χ4v) is 2.95. The van der Waals surface area contributed by atoms with Crippen LogP contribution in [0.1, 0.15) is 12.0 Å². The Hall–Kier alpha value is -1.83. The summed E-state index contributed by atoms with van der Waals surface area (Å²) in [5.41, 5.74) is 0.731. The molecule has 0 radical (unpaired) electrons. The first-order valence-electron chi connectivity index (χ1n) is 8.04. The minimum atomic E-state index is -1.33. The molecule has 1 aromatic carbocycles. The number of nitrogens with one attached hydrogen (secondary N) is 1. The minimum Gasteiger partial charge on any atom is -0.480 e. The number of carboxylic acids is 2. The number of hydrogen-bond donors (Lipinski definition) is 3. The Morgan fingerprint density at radius 3 is 2.04 bits per heavy atom. The van der Waals surface area contributed by atoms with Gasteiger partial charge in [0.05, 0.1) is 6.42 Å². The molecule has 9 heteroatoms. The number of rotatable bonds is 12. The van der Waals surface area contributed by atoms with Crippen LogP contribution >= 0.6 is 23.2 Å². The lowest BCUT2D eigenvalue weighted by Gasteiger charge is -2.29. The smallest absolute Gasteiger partial charge is 0.326 e. The Bertz CT molecular complexity index is 594. The van der Waals surface area contributed by atoms with Crippen molar-refractivity contribution in [3.05, 3.63) is 35.9 Å². The van der Waals surface area contributed by atoms with Gasteiger partial charge in [-0.05, 0) is 5.56 Å². The molecule has 26 heavy (non-hydrogen) atoms. The van der Waals surface area contributed by atoms with Crippen molar-refractivity contribution in [1.82, 2.24) is 10.2 Å². The number of alkyl halides is 2. The highest BCUT2D eigenvalue weighted by atomic mass is 35.5. The highest BCUT2D eigenvalue weighted by Gasteiger charge is 2.32. The van der Waals surface area contributed by atoms with Crippen LogP contribution in [0.15, 0.2) is 30.3 Å². The first kappa shape index (κ1) is 22.2. The van der Waals surface area contributed by atoms with Crippen LogP contribution in [-0.4, -0.2) is 69.9 Å². The van der Waals surface area contributed by atoms with Gasteiger partial charge in [0.25, 0.3) is 0 Å². The van der Waals surface area contributed by atoms with E-state index in [4.69, 9.17) is 23.2 Å². The van der Waals surface area contributed by atoms with Crippen LogP contribution in [-0.2, 0) is 20.8 Å². The number of benzene rings is 1. The predicted molar refractivity (Wildman–Crippen MR) is 98.8 cm³/mol. The molecule has 0 bridgehead atoms. The highest BCUT2D eigenvalue weighted by molar-refractivity contribution is 6.18. The predicted octanol–water partition coefficient (Wildman–Crippen LogP) is 1.42. The van der Waals surface area contributed by atoms with Gasteiger partial charge in [-0.15, -0.1) is 23.2 Å². The molecule has 144 valence electrons. The third-order valence-electron chi connectivity index (χ3n) is 3.77. The van der Waals surface area contributed by atoms with Gasteiger partial charge in [0.15, 0.2) is 0 Å². The van der Waals surface area contributed by atoms with E-state index < -0.39 is 29.9 Å². The molecule has 0 saturated carbocycles. The van der Waals surface area contributed by atoms with Gasteiger partial charge >= 0.3 is 11.9 Å². The van der Waals surface area contributed by atoms with Crippen molar-refractivity contribution in [2.75, 3.05) is 24.8 Å². The lowest BCUT2D eigenvalue weighted by atomic mass is 10.0. The molecule has 0 aliphatic carbocycles. The number of halogens is 2. The fourth-order valence-electron chi connectivity index (χ4n) is 2.52. The van der Waals surface area contributed by atoms with Crippen LogP contribution in [0.5, 0.6) is 0 Å². The number of amides is 1. The zero-order chi connectivity index (χ0) is 19.5. The molecular weight excluding hydrogens is 383 g/mol. The Balaban J connectivity index is 2.81. The van der Waals surface area contributed by atoms with Crippen LogP contribution in [0.4, 0.5) is 0 Å². The average molecular weight is 405 g/mol. The number of hydrogen-bond acceptors (Lipinski definition) is 4. The lowest BCUT2D eigenvalue weighted by molar-refractivity contribution is -0.146. The molecule has 7 nitrogen and oxygen atoms in total. The lowest BCUT2D eigenvalue weighted by Crippen LogP contribution is -2.50. The number of aliphatic carboxylic acids is 2. The van der Waals surface area contributed by atoms with Gasteiger partial charge in [-0.1, -0.05) is 30.3 Å². The van der Waals surface area contributed by atoms with E-state index in [-0.39, 0.29) is 37.7 Å². The summed E-state index contributed by atoms with van der Waals surface area (Å²) in [5.74, 6) is -2.62. The normalized spacial score (nSPS) is 13.2. The summed E-state index contributed by atoms with van der Waals surface area (Å²) in [7, 11) is 0. The maximum atomic E-state index is 12.1. The first-order chi connectivity index (χ1) is 12.4. The molecule has 2 atom stereocenters. The number of carboxylic acid groups (broad SMARTS) is 2. The van der Waals surface area contributed by atoms with E-state index in [0.29, 0.717) is 0 Å². The second-order valence-corrected chi connectivity index (χ2v) is 6.38. The molecule has 0 saturated heterocycles. The molecule has 3 N–H and O–H groups in total. The van der Waals surface area contributed by atoms with Gasteiger partial charge in [-0.2, -0.15) is 0 Å². The van der Waals surface area contributed by atoms with E-state index in [9.17, 15) is 24.6 Å². The van der Waals surface area contributed by atoms with E-state index in [1.165, 1.54) is 4.90 Å². The zero-order valence-electron chi connectivity index (χ0n) is 14.1. The molecule has 0 aliphatic heterocycles. The molecule has 1 rings (SSSR count). The molecule has 0 fully saturated rings. The standard InChI is InChI=1S/C17H22Cl2N2O5/c18-6-8-21(9-7-19)14(17(25)26)11-13(16(23)24)20-15(22)10-12-4-2-1-3-5-12/h1-5,13-14H,6-11H2,(H,20,22)(H,23,24)(H,25,26)/t13-,14?/m0/s1. The summed E-state index contributed by atoms with van der Waals surface area (Å²) in [5, 5.41) is 21.2. The topological polar surface area (TPSA) is 107 Å². The Labute approximate surface area is 161 Å².